The van der Waals surface area contributed by atoms with Crippen LogP contribution >= 0.6 is 0 Å². The molecule has 0 bridgehead atoms. The second-order valence-electron chi connectivity index (χ2n) is 5.56. The number of hydrogen-bond acceptors (Lipinski definition) is 2. The summed E-state index contributed by atoms with van der Waals surface area (Å²) < 4.78 is 0. The molecule has 0 spiro atoms. The van der Waals surface area contributed by atoms with Crippen molar-refractivity contribution in [1.82, 2.24) is 4.90 Å². The summed E-state index contributed by atoms with van der Waals surface area (Å²) in [5, 5.41) is 11.8. The molecule has 2 rings (SSSR count). The third kappa shape index (κ3) is 4.21. The SMILES string of the molecule is CN(C(=O)Nc1ccccc1CC(=O)O)C1CCCCC1. The molecule has 21 heavy (non-hydrogen) atoms. The largest absolute Gasteiger partial charge is 0.481 e. The number of benzene rings is 1. The number of carboxylic acids is 1. The number of nitrogens with zero attached hydrogens (tertiary/aromatic N) is 1. The molecule has 1 aromatic carbocycles. The molecule has 1 fully saturated rings. The van der Waals surface area contributed by atoms with Gasteiger partial charge in [-0.1, -0.05) is 37.5 Å². The fraction of sp³-hybridized carbons (Fsp3) is 0.500. The lowest BCUT2D eigenvalue weighted by atomic mass is 9.95. The number of para-hydroxylation sites is 1. The predicted octanol–water partition coefficient (Wildman–Crippen LogP) is 3.11. The van der Waals surface area contributed by atoms with Crippen LogP contribution in [0.2, 0.25) is 0 Å². The zero-order chi connectivity index (χ0) is 15.2. The van der Waals surface area contributed by atoms with Crippen molar-refractivity contribution in [3.63, 3.8) is 0 Å². The first-order valence-electron chi connectivity index (χ1n) is 7.41. The summed E-state index contributed by atoms with van der Waals surface area (Å²) in [6.45, 7) is 0. The fourth-order valence-corrected chi connectivity index (χ4v) is 2.80. The summed E-state index contributed by atoms with van der Waals surface area (Å²) in [5.74, 6) is -0.905. The van der Waals surface area contributed by atoms with E-state index in [2.05, 4.69) is 5.32 Å². The van der Waals surface area contributed by atoms with Crippen molar-refractivity contribution in [3.8, 4) is 0 Å². The number of carboxylic acid groups (broad SMARTS) is 1. The van der Waals surface area contributed by atoms with Crippen LogP contribution in [-0.2, 0) is 11.2 Å². The second kappa shape index (κ2) is 7.11. The Labute approximate surface area is 125 Å². The Hall–Kier alpha value is -2.04. The van der Waals surface area contributed by atoms with Gasteiger partial charge in [0.25, 0.3) is 0 Å². The Morgan fingerprint density at radius 3 is 2.57 bits per heavy atom. The zero-order valence-corrected chi connectivity index (χ0v) is 12.3. The molecule has 0 heterocycles. The number of anilines is 1. The number of hydrogen-bond donors (Lipinski definition) is 2. The van der Waals surface area contributed by atoms with Crippen LogP contribution in [0.1, 0.15) is 37.7 Å². The third-order valence-corrected chi connectivity index (χ3v) is 4.04. The molecule has 0 unspecified atom stereocenters. The van der Waals surface area contributed by atoms with E-state index >= 15 is 0 Å². The van der Waals surface area contributed by atoms with Crippen molar-refractivity contribution in [2.45, 2.75) is 44.6 Å². The smallest absolute Gasteiger partial charge is 0.321 e. The van der Waals surface area contributed by atoms with Crippen LogP contribution in [0.4, 0.5) is 10.5 Å². The maximum atomic E-state index is 12.3. The standard InChI is InChI=1S/C16H22N2O3/c1-18(13-8-3-2-4-9-13)16(21)17-14-10-6-5-7-12(14)11-15(19)20/h5-7,10,13H,2-4,8-9,11H2,1H3,(H,17,21)(H,19,20). The Balaban J connectivity index is 2.03. The molecular formula is C16H22N2O3. The number of urea groups is 1. The Bertz CT molecular complexity index is 510. The molecule has 1 aliphatic carbocycles. The second-order valence-corrected chi connectivity index (χ2v) is 5.56. The molecule has 0 saturated heterocycles. The lowest BCUT2D eigenvalue weighted by Crippen LogP contribution is -2.41. The van der Waals surface area contributed by atoms with E-state index in [-0.39, 0.29) is 18.5 Å². The number of amides is 2. The normalized spacial score (nSPS) is 15.5. The van der Waals surface area contributed by atoms with Crippen LogP contribution in [0.25, 0.3) is 0 Å². The highest BCUT2D eigenvalue weighted by Gasteiger charge is 2.22. The highest BCUT2D eigenvalue weighted by atomic mass is 16.4. The number of aliphatic carboxylic acids is 1. The lowest BCUT2D eigenvalue weighted by Gasteiger charge is -2.31. The molecule has 1 aliphatic rings. The maximum absolute atomic E-state index is 12.3. The average Bonchev–Trinajstić information content (AvgIpc) is 2.49. The first-order valence-corrected chi connectivity index (χ1v) is 7.41. The molecule has 2 N–H and O–H groups in total. The topological polar surface area (TPSA) is 69.6 Å². The lowest BCUT2D eigenvalue weighted by molar-refractivity contribution is -0.136. The quantitative estimate of drug-likeness (QED) is 0.895. The van der Waals surface area contributed by atoms with Crippen molar-refractivity contribution < 1.29 is 14.7 Å². The minimum Gasteiger partial charge on any atom is -0.481 e. The molecule has 5 heteroatoms. The minimum atomic E-state index is -0.905. The van der Waals surface area contributed by atoms with Gasteiger partial charge in [0.05, 0.1) is 6.42 Å². The molecule has 1 saturated carbocycles. The number of carbonyl (C=O) groups is 2. The van der Waals surface area contributed by atoms with Gasteiger partial charge in [0.1, 0.15) is 0 Å². The van der Waals surface area contributed by atoms with Crippen molar-refractivity contribution in [3.05, 3.63) is 29.8 Å². The van der Waals surface area contributed by atoms with E-state index in [1.165, 1.54) is 6.42 Å². The molecule has 0 atom stereocenters. The monoisotopic (exact) mass is 290 g/mol. The van der Waals surface area contributed by atoms with E-state index in [9.17, 15) is 9.59 Å². The summed E-state index contributed by atoms with van der Waals surface area (Å²) in [6, 6.07) is 7.15. The Kier molecular flexibility index (Phi) is 5.20. The van der Waals surface area contributed by atoms with Gasteiger partial charge in [-0.25, -0.2) is 4.79 Å². The molecule has 5 nitrogen and oxygen atoms in total. The van der Waals surface area contributed by atoms with E-state index in [1.807, 2.05) is 7.05 Å². The first kappa shape index (κ1) is 15.4. The van der Waals surface area contributed by atoms with Gasteiger partial charge in [-0.05, 0) is 24.5 Å². The van der Waals surface area contributed by atoms with Crippen LogP contribution in [-0.4, -0.2) is 35.1 Å². The maximum Gasteiger partial charge on any atom is 0.321 e. The summed E-state index contributed by atoms with van der Waals surface area (Å²) >= 11 is 0. The van der Waals surface area contributed by atoms with Crippen LogP contribution < -0.4 is 5.32 Å². The molecule has 0 aliphatic heterocycles. The molecule has 1 aromatic rings. The predicted molar refractivity (Wildman–Crippen MR) is 81.4 cm³/mol. The van der Waals surface area contributed by atoms with E-state index in [0.29, 0.717) is 11.3 Å². The van der Waals surface area contributed by atoms with Gasteiger partial charge in [0.15, 0.2) is 0 Å². The Morgan fingerprint density at radius 1 is 1.24 bits per heavy atom. The number of carbonyl (C=O) groups excluding carboxylic acids is 1. The van der Waals surface area contributed by atoms with E-state index < -0.39 is 5.97 Å². The van der Waals surface area contributed by atoms with Crippen molar-refractivity contribution in [2.75, 3.05) is 12.4 Å². The van der Waals surface area contributed by atoms with Gasteiger partial charge in [-0.3, -0.25) is 4.79 Å². The summed E-state index contributed by atoms with van der Waals surface area (Å²) in [7, 11) is 1.81. The van der Waals surface area contributed by atoms with Gasteiger partial charge in [-0.15, -0.1) is 0 Å². The summed E-state index contributed by atoms with van der Waals surface area (Å²) in [5.41, 5.74) is 1.20. The summed E-state index contributed by atoms with van der Waals surface area (Å²) in [4.78, 5) is 24.9. The van der Waals surface area contributed by atoms with Crippen LogP contribution in [0.15, 0.2) is 24.3 Å². The molecule has 0 aromatic heterocycles. The van der Waals surface area contributed by atoms with Gasteiger partial charge in [0, 0.05) is 18.8 Å². The first-order chi connectivity index (χ1) is 10.1. The number of nitrogens with one attached hydrogen (secondary N) is 1. The van der Waals surface area contributed by atoms with Crippen LogP contribution in [0.3, 0.4) is 0 Å². The van der Waals surface area contributed by atoms with Gasteiger partial charge in [0.2, 0.25) is 0 Å². The number of rotatable bonds is 4. The van der Waals surface area contributed by atoms with Crippen molar-refractivity contribution >= 4 is 17.7 Å². The van der Waals surface area contributed by atoms with E-state index in [0.717, 1.165) is 25.7 Å². The summed E-state index contributed by atoms with van der Waals surface area (Å²) in [6.07, 6.45) is 5.56. The van der Waals surface area contributed by atoms with E-state index in [1.54, 1.807) is 29.2 Å². The molecule has 0 radical (unpaired) electrons. The Morgan fingerprint density at radius 2 is 1.90 bits per heavy atom. The zero-order valence-electron chi connectivity index (χ0n) is 12.3. The van der Waals surface area contributed by atoms with Crippen molar-refractivity contribution in [2.24, 2.45) is 0 Å². The highest BCUT2D eigenvalue weighted by Crippen LogP contribution is 2.23. The molecule has 2 amide bonds. The van der Waals surface area contributed by atoms with Gasteiger partial charge < -0.3 is 15.3 Å². The highest BCUT2D eigenvalue weighted by molar-refractivity contribution is 5.91. The minimum absolute atomic E-state index is 0.0937. The van der Waals surface area contributed by atoms with Gasteiger partial charge in [-0.2, -0.15) is 0 Å². The van der Waals surface area contributed by atoms with Crippen LogP contribution in [0, 0.1) is 0 Å². The fourth-order valence-electron chi connectivity index (χ4n) is 2.80. The van der Waals surface area contributed by atoms with Crippen LogP contribution in [0.5, 0.6) is 0 Å². The van der Waals surface area contributed by atoms with Gasteiger partial charge >= 0.3 is 12.0 Å². The third-order valence-electron chi connectivity index (χ3n) is 4.04. The van der Waals surface area contributed by atoms with E-state index in [4.69, 9.17) is 5.11 Å². The molecular weight excluding hydrogens is 268 g/mol. The molecule has 114 valence electrons. The van der Waals surface area contributed by atoms with Crippen molar-refractivity contribution in [1.29, 1.82) is 0 Å². The average molecular weight is 290 g/mol.